The van der Waals surface area contributed by atoms with Crippen LogP contribution in [-0.2, 0) is 14.8 Å². The lowest BCUT2D eigenvalue weighted by Crippen LogP contribution is -2.54. The molecule has 1 fully saturated rings. The van der Waals surface area contributed by atoms with E-state index in [4.69, 9.17) is 5.73 Å². The number of carbonyl (C=O) groups excluding carboxylic acids is 1. The van der Waals surface area contributed by atoms with Crippen molar-refractivity contribution in [3.8, 4) is 0 Å². The van der Waals surface area contributed by atoms with Crippen molar-refractivity contribution in [1.82, 2.24) is 9.21 Å². The molecule has 2 rings (SSSR count). The second-order valence-electron chi connectivity index (χ2n) is 6.52. The predicted molar refractivity (Wildman–Crippen MR) is 103 cm³/mol. The van der Waals surface area contributed by atoms with Crippen LogP contribution in [0.25, 0.3) is 0 Å². The van der Waals surface area contributed by atoms with Gasteiger partial charge in [-0.2, -0.15) is 4.31 Å². The van der Waals surface area contributed by atoms with Crippen LogP contribution in [0.1, 0.15) is 26.2 Å². The van der Waals surface area contributed by atoms with Crippen molar-refractivity contribution in [2.45, 2.75) is 43.2 Å². The van der Waals surface area contributed by atoms with Crippen LogP contribution in [0.4, 0.5) is 5.69 Å². The second-order valence-corrected chi connectivity index (χ2v) is 8.57. The summed E-state index contributed by atoms with van der Waals surface area (Å²) in [5.41, 5.74) is 5.64. The molecule has 1 heterocycles. The molecule has 1 amide bonds. The van der Waals surface area contributed by atoms with Crippen LogP contribution in [0.2, 0.25) is 0 Å². The third-order valence-corrected chi connectivity index (χ3v) is 6.37. The summed E-state index contributed by atoms with van der Waals surface area (Å²) in [5, 5.41) is 10.9. The summed E-state index contributed by atoms with van der Waals surface area (Å²) in [6, 6.07) is 4.47. The molecular formula is C16H25ClN4O5S. The van der Waals surface area contributed by atoms with Crippen LogP contribution in [0.5, 0.6) is 0 Å². The number of amides is 1. The van der Waals surface area contributed by atoms with Crippen molar-refractivity contribution in [3.63, 3.8) is 0 Å². The first-order valence-electron chi connectivity index (χ1n) is 8.40. The third-order valence-electron chi connectivity index (χ3n) is 4.57. The monoisotopic (exact) mass is 420 g/mol. The van der Waals surface area contributed by atoms with Crippen LogP contribution in [-0.4, -0.2) is 60.7 Å². The van der Waals surface area contributed by atoms with Gasteiger partial charge in [-0.1, -0.05) is 6.07 Å². The molecule has 11 heteroatoms. The number of rotatable bonds is 6. The van der Waals surface area contributed by atoms with Crippen molar-refractivity contribution < 1.29 is 18.1 Å². The molecule has 2 N–H and O–H groups in total. The van der Waals surface area contributed by atoms with E-state index >= 15 is 0 Å². The Morgan fingerprint density at radius 1 is 1.44 bits per heavy atom. The molecule has 1 aromatic rings. The number of halogens is 1. The van der Waals surface area contributed by atoms with E-state index in [2.05, 4.69) is 0 Å². The number of nitrogens with two attached hydrogens (primary N) is 1. The van der Waals surface area contributed by atoms with Crippen LogP contribution in [0, 0.1) is 10.1 Å². The normalized spacial score (nSPS) is 18.7. The Labute approximate surface area is 165 Å². The number of piperidine rings is 1. The number of non-ortho nitro benzene ring substituents is 1. The van der Waals surface area contributed by atoms with Gasteiger partial charge in [0.2, 0.25) is 15.9 Å². The summed E-state index contributed by atoms with van der Waals surface area (Å²) < 4.78 is 26.2. The number of likely N-dealkylation sites (N-methyl/N-ethyl adjacent to an activating group) is 1. The zero-order chi connectivity index (χ0) is 19.5. The first-order valence-corrected chi connectivity index (χ1v) is 9.84. The van der Waals surface area contributed by atoms with E-state index in [1.54, 1.807) is 4.90 Å². The lowest BCUT2D eigenvalue weighted by atomic mass is 9.97. The number of hydrogen-bond acceptors (Lipinski definition) is 6. The van der Waals surface area contributed by atoms with E-state index in [-0.39, 0.29) is 47.5 Å². The van der Waals surface area contributed by atoms with Crippen LogP contribution < -0.4 is 5.73 Å². The Morgan fingerprint density at radius 3 is 2.70 bits per heavy atom. The summed E-state index contributed by atoms with van der Waals surface area (Å²) in [7, 11) is -2.73. The smallest absolute Gasteiger partial charge is 0.270 e. The molecular weight excluding hydrogens is 396 g/mol. The van der Waals surface area contributed by atoms with Gasteiger partial charge in [-0.3, -0.25) is 14.9 Å². The van der Waals surface area contributed by atoms with Gasteiger partial charge in [0.05, 0.1) is 16.4 Å². The molecule has 0 aromatic heterocycles. The number of likely N-dealkylation sites (tertiary alicyclic amines) is 1. The SMILES string of the molecule is CC(N)C1CCCCN1C(=O)CN(C)S(=O)(=O)c1cccc([N+](=O)[O-])c1.Cl. The zero-order valence-corrected chi connectivity index (χ0v) is 16.9. The maximum Gasteiger partial charge on any atom is 0.270 e. The molecule has 9 nitrogen and oxygen atoms in total. The third kappa shape index (κ3) is 5.38. The Kier molecular flexibility index (Phi) is 8.15. The lowest BCUT2D eigenvalue weighted by molar-refractivity contribution is -0.385. The molecule has 0 aliphatic carbocycles. The molecule has 1 aromatic carbocycles. The Hall–Kier alpha value is -1.75. The fourth-order valence-corrected chi connectivity index (χ4v) is 4.28. The van der Waals surface area contributed by atoms with E-state index in [0.717, 1.165) is 29.6 Å². The predicted octanol–water partition coefficient (Wildman–Crippen LogP) is 1.37. The highest BCUT2D eigenvalue weighted by atomic mass is 35.5. The van der Waals surface area contributed by atoms with E-state index in [9.17, 15) is 23.3 Å². The van der Waals surface area contributed by atoms with Crippen LogP contribution in [0.3, 0.4) is 0 Å². The molecule has 27 heavy (non-hydrogen) atoms. The Morgan fingerprint density at radius 2 is 2.11 bits per heavy atom. The highest BCUT2D eigenvalue weighted by Gasteiger charge is 2.32. The van der Waals surface area contributed by atoms with Gasteiger partial charge in [-0.05, 0) is 32.3 Å². The van der Waals surface area contributed by atoms with Crippen LogP contribution >= 0.6 is 12.4 Å². The van der Waals surface area contributed by atoms with E-state index < -0.39 is 14.9 Å². The van der Waals surface area contributed by atoms with Crippen molar-refractivity contribution in [2.24, 2.45) is 5.73 Å². The van der Waals surface area contributed by atoms with Gasteiger partial charge in [0.15, 0.2) is 0 Å². The minimum Gasteiger partial charge on any atom is -0.337 e. The molecule has 152 valence electrons. The summed E-state index contributed by atoms with van der Waals surface area (Å²) >= 11 is 0. The molecule has 0 bridgehead atoms. The van der Waals surface area contributed by atoms with Crippen LogP contribution in [0.15, 0.2) is 29.2 Å². The van der Waals surface area contributed by atoms with E-state index in [1.807, 2.05) is 6.92 Å². The molecule has 0 spiro atoms. The van der Waals surface area contributed by atoms with Crippen molar-refractivity contribution in [1.29, 1.82) is 0 Å². The van der Waals surface area contributed by atoms with Gasteiger partial charge < -0.3 is 10.6 Å². The summed E-state index contributed by atoms with van der Waals surface area (Å²) in [4.78, 5) is 24.3. The van der Waals surface area contributed by atoms with Gasteiger partial charge in [-0.25, -0.2) is 8.42 Å². The molecule has 1 aliphatic rings. The average molecular weight is 421 g/mol. The number of nitro groups is 1. The molecule has 1 aliphatic heterocycles. The number of benzene rings is 1. The first kappa shape index (κ1) is 23.3. The number of hydrogen-bond donors (Lipinski definition) is 1. The van der Waals surface area contributed by atoms with E-state index in [1.165, 1.54) is 25.2 Å². The summed E-state index contributed by atoms with van der Waals surface area (Å²) in [6.45, 7) is 2.05. The molecule has 0 saturated carbocycles. The summed E-state index contributed by atoms with van der Waals surface area (Å²) in [5.74, 6) is -0.316. The maximum atomic E-state index is 12.6. The zero-order valence-electron chi connectivity index (χ0n) is 15.3. The second kappa shape index (κ2) is 9.45. The highest BCUT2D eigenvalue weighted by Crippen LogP contribution is 2.22. The van der Waals surface area contributed by atoms with Gasteiger partial charge in [0.1, 0.15) is 0 Å². The fourth-order valence-electron chi connectivity index (χ4n) is 3.12. The standard InChI is InChI=1S/C16H24N4O5S.ClH/c1-12(17)15-8-3-4-9-19(15)16(21)11-18(2)26(24,25)14-7-5-6-13(10-14)20(22)23;/h5-7,10,12,15H,3-4,8-9,11,17H2,1-2H3;1H. The van der Waals surface area contributed by atoms with E-state index in [0.29, 0.717) is 6.54 Å². The highest BCUT2D eigenvalue weighted by molar-refractivity contribution is 7.89. The van der Waals surface area contributed by atoms with Gasteiger partial charge >= 0.3 is 0 Å². The first-order chi connectivity index (χ1) is 12.1. The maximum absolute atomic E-state index is 12.6. The van der Waals surface area contributed by atoms with Gasteiger partial charge in [0, 0.05) is 37.8 Å². The lowest BCUT2D eigenvalue weighted by Gasteiger charge is -2.38. The molecule has 2 atom stereocenters. The number of nitrogens with zero attached hydrogens (tertiary/aromatic N) is 3. The minimum atomic E-state index is -4.02. The number of carbonyl (C=O) groups is 1. The quantitative estimate of drug-likeness (QED) is 0.546. The van der Waals surface area contributed by atoms with Crippen molar-refractivity contribution in [2.75, 3.05) is 20.1 Å². The largest absolute Gasteiger partial charge is 0.337 e. The fraction of sp³-hybridized carbons (Fsp3) is 0.562. The topological polar surface area (TPSA) is 127 Å². The average Bonchev–Trinajstić information content (AvgIpc) is 2.61. The number of sulfonamides is 1. The minimum absolute atomic E-state index is 0. The Bertz CT molecular complexity index is 787. The van der Waals surface area contributed by atoms with Crippen molar-refractivity contribution in [3.05, 3.63) is 34.4 Å². The van der Waals surface area contributed by atoms with Gasteiger partial charge in [-0.15, -0.1) is 12.4 Å². The number of nitro benzene ring substituents is 1. The molecule has 0 radical (unpaired) electrons. The van der Waals surface area contributed by atoms with Gasteiger partial charge in [0.25, 0.3) is 5.69 Å². The Balaban J connectivity index is 0.00000364. The molecule has 2 unspecified atom stereocenters. The van der Waals surface area contributed by atoms with Crippen molar-refractivity contribution >= 4 is 34.0 Å². The summed E-state index contributed by atoms with van der Waals surface area (Å²) in [6.07, 6.45) is 2.64. The molecule has 1 saturated heterocycles.